The first-order valence-corrected chi connectivity index (χ1v) is 21.8. The van der Waals surface area contributed by atoms with Crippen molar-refractivity contribution >= 4 is 71.6 Å². The Balaban J connectivity index is 1.02. The molecule has 0 fully saturated rings. The third kappa shape index (κ3) is 5.73. The van der Waals surface area contributed by atoms with Gasteiger partial charge >= 0.3 is 0 Å². The highest BCUT2D eigenvalue weighted by Crippen LogP contribution is 2.50. The van der Waals surface area contributed by atoms with Gasteiger partial charge in [0.2, 0.25) is 0 Å². The van der Waals surface area contributed by atoms with E-state index >= 15 is 0 Å². The Hall–Kier alpha value is -8.46. The van der Waals surface area contributed by atoms with Crippen molar-refractivity contribution in [2.75, 3.05) is 4.90 Å². The van der Waals surface area contributed by atoms with E-state index in [1.165, 1.54) is 71.3 Å². The van der Waals surface area contributed by atoms with Gasteiger partial charge in [-0.2, -0.15) is 0 Å². The van der Waals surface area contributed by atoms with E-state index < -0.39 is 0 Å². The fourth-order valence-corrected chi connectivity index (χ4v) is 10.3. The van der Waals surface area contributed by atoms with Crippen LogP contribution in [0.25, 0.3) is 105 Å². The van der Waals surface area contributed by atoms with E-state index in [9.17, 15) is 0 Å². The molecule has 0 unspecified atom stereocenters. The maximum atomic E-state index is 4.58. The standard InChI is InChI=1S/C62H42N2/c1-4-16-45(5-2)64-60-36-32-42(38-58(60)57-33-31-41-17-6-7-22-49(41)62(57)64)44-30-29-40(3)47-20-12-13-28-59(47)63(39-44)46-19-14-18-43(37-46)48-21-8-9-23-50(48)53-34-35-56-52-25-11-10-24-51(52)54-26-15-27-55(53)61(54)56/h4-39H,1-3H2/b30-29-,44-39+,45-16+. The van der Waals surface area contributed by atoms with Gasteiger partial charge in [0.05, 0.1) is 16.7 Å². The molecule has 2 aliphatic rings. The summed E-state index contributed by atoms with van der Waals surface area (Å²) in [4.78, 5) is 2.34. The van der Waals surface area contributed by atoms with Crippen LogP contribution in [0, 0.1) is 0 Å². The van der Waals surface area contributed by atoms with Gasteiger partial charge in [0.1, 0.15) is 0 Å². The van der Waals surface area contributed by atoms with E-state index in [0.717, 1.165) is 55.9 Å². The molecule has 2 heteroatoms. The van der Waals surface area contributed by atoms with E-state index in [4.69, 9.17) is 0 Å². The Morgan fingerprint density at radius 1 is 0.469 bits per heavy atom. The highest BCUT2D eigenvalue weighted by atomic mass is 15.1. The highest BCUT2D eigenvalue weighted by molar-refractivity contribution is 6.21. The number of hydrogen-bond acceptors (Lipinski definition) is 1. The fraction of sp³-hybridized carbons (Fsp3) is 0. The minimum atomic E-state index is 0.955. The van der Waals surface area contributed by atoms with Crippen LogP contribution in [0.15, 0.2) is 238 Å². The summed E-state index contributed by atoms with van der Waals surface area (Å²) in [5.41, 5.74) is 19.6. The van der Waals surface area contributed by atoms with Crippen LogP contribution in [0.2, 0.25) is 0 Å². The molecular weight excluding hydrogens is 773 g/mol. The van der Waals surface area contributed by atoms with Crippen LogP contribution < -0.4 is 4.90 Å². The van der Waals surface area contributed by atoms with Crippen molar-refractivity contribution in [1.29, 1.82) is 0 Å². The first kappa shape index (κ1) is 37.3. The summed E-state index contributed by atoms with van der Waals surface area (Å²) in [5, 5.41) is 7.35. The monoisotopic (exact) mass is 814 g/mol. The summed E-state index contributed by atoms with van der Waals surface area (Å²) in [6, 6.07) is 66.5. The Morgan fingerprint density at radius 3 is 1.95 bits per heavy atom. The quantitative estimate of drug-likeness (QED) is 0.146. The number of fused-ring (bicyclic) bond motifs is 9. The second-order valence-electron chi connectivity index (χ2n) is 16.6. The molecule has 0 atom stereocenters. The second-order valence-corrected chi connectivity index (χ2v) is 16.6. The normalized spacial score (nSPS) is 14.6. The van der Waals surface area contributed by atoms with Crippen LogP contribution in [0.5, 0.6) is 0 Å². The number of hydrogen-bond donors (Lipinski definition) is 0. The molecule has 12 rings (SSSR count). The number of allylic oxidation sites excluding steroid dienone is 8. The molecular formula is C62H42N2. The molecule has 2 heterocycles. The second kappa shape index (κ2) is 14.9. The summed E-state index contributed by atoms with van der Waals surface area (Å²) in [7, 11) is 0. The molecule has 0 bridgehead atoms. The zero-order valence-electron chi connectivity index (χ0n) is 35.3. The molecule has 0 radical (unpaired) electrons. The molecule has 0 saturated carbocycles. The molecule has 0 saturated heterocycles. The number of benzene rings is 9. The summed E-state index contributed by atoms with van der Waals surface area (Å²) in [6.07, 6.45) is 12.4. The molecule has 0 spiro atoms. The van der Waals surface area contributed by atoms with Gasteiger partial charge in [-0.1, -0.05) is 190 Å². The van der Waals surface area contributed by atoms with Crippen LogP contribution in [0.3, 0.4) is 0 Å². The molecule has 300 valence electrons. The molecule has 10 aromatic rings. The van der Waals surface area contributed by atoms with Gasteiger partial charge in [0.15, 0.2) is 0 Å². The van der Waals surface area contributed by atoms with Crippen molar-refractivity contribution in [3.63, 3.8) is 0 Å². The average molecular weight is 815 g/mol. The number of aromatic nitrogens is 1. The van der Waals surface area contributed by atoms with E-state index in [-0.39, 0.29) is 0 Å². The number of anilines is 2. The predicted molar refractivity (Wildman–Crippen MR) is 276 cm³/mol. The summed E-state index contributed by atoms with van der Waals surface area (Å²) >= 11 is 0. The summed E-state index contributed by atoms with van der Waals surface area (Å²) < 4.78 is 2.32. The number of para-hydroxylation sites is 1. The zero-order valence-corrected chi connectivity index (χ0v) is 35.3. The first-order chi connectivity index (χ1) is 31.6. The van der Waals surface area contributed by atoms with Crippen molar-refractivity contribution in [1.82, 2.24) is 4.57 Å². The third-order valence-corrected chi connectivity index (χ3v) is 13.2. The lowest BCUT2D eigenvalue weighted by Gasteiger charge is -2.27. The molecule has 9 aromatic carbocycles. The van der Waals surface area contributed by atoms with E-state index in [1.807, 2.05) is 18.2 Å². The smallest absolute Gasteiger partial charge is 0.0619 e. The lowest BCUT2D eigenvalue weighted by molar-refractivity contribution is 1.25. The van der Waals surface area contributed by atoms with E-state index in [2.05, 4.69) is 230 Å². The van der Waals surface area contributed by atoms with Crippen LogP contribution in [-0.4, -0.2) is 4.57 Å². The van der Waals surface area contributed by atoms with Crippen LogP contribution >= 0.6 is 0 Å². The van der Waals surface area contributed by atoms with Crippen molar-refractivity contribution < 1.29 is 0 Å². The van der Waals surface area contributed by atoms with Gasteiger partial charge in [-0.15, -0.1) is 0 Å². The molecule has 1 aliphatic carbocycles. The van der Waals surface area contributed by atoms with Gasteiger partial charge in [0.25, 0.3) is 0 Å². The van der Waals surface area contributed by atoms with Gasteiger partial charge in [-0.05, 0) is 120 Å². The minimum Gasteiger partial charge on any atom is -0.316 e. The minimum absolute atomic E-state index is 0.955. The van der Waals surface area contributed by atoms with Crippen molar-refractivity contribution in [2.24, 2.45) is 0 Å². The topological polar surface area (TPSA) is 8.17 Å². The maximum absolute atomic E-state index is 4.58. The van der Waals surface area contributed by atoms with Crippen LogP contribution in [0.4, 0.5) is 11.4 Å². The van der Waals surface area contributed by atoms with Crippen LogP contribution in [0.1, 0.15) is 11.1 Å². The van der Waals surface area contributed by atoms with Gasteiger partial charge in [-0.3, -0.25) is 0 Å². The summed E-state index contributed by atoms with van der Waals surface area (Å²) in [6.45, 7) is 12.8. The average Bonchev–Trinajstić information content (AvgIpc) is 3.86. The molecule has 1 aromatic heterocycles. The third-order valence-electron chi connectivity index (χ3n) is 13.2. The largest absolute Gasteiger partial charge is 0.316 e. The number of nitrogens with zero attached hydrogens (tertiary/aromatic N) is 2. The Kier molecular flexibility index (Phi) is 8.67. The molecule has 0 N–H and O–H groups in total. The zero-order chi connectivity index (χ0) is 42.9. The van der Waals surface area contributed by atoms with E-state index in [1.54, 1.807) is 0 Å². The lowest BCUT2D eigenvalue weighted by atomic mass is 9.89. The van der Waals surface area contributed by atoms with Crippen LogP contribution in [-0.2, 0) is 0 Å². The predicted octanol–water partition coefficient (Wildman–Crippen LogP) is 17.1. The fourth-order valence-electron chi connectivity index (χ4n) is 10.3. The van der Waals surface area contributed by atoms with Crippen molar-refractivity contribution in [3.05, 3.63) is 249 Å². The SMILES string of the molecule is C=C/C=C(\C=C)n1c2ccc(C3=C/N(c4cccc(-c5ccccc5-c5ccc6c7c(cccc57)-c5ccccc5-6)c4)c4ccccc4C(=C)/C=C\3)cc2c2ccc3ccccc3c21. The van der Waals surface area contributed by atoms with E-state index in [0.29, 0.717) is 0 Å². The molecule has 2 nitrogen and oxygen atoms in total. The molecule has 64 heavy (non-hydrogen) atoms. The first-order valence-electron chi connectivity index (χ1n) is 21.8. The maximum Gasteiger partial charge on any atom is 0.0619 e. The Bertz CT molecular complexity index is 3700. The summed E-state index contributed by atoms with van der Waals surface area (Å²) in [5.74, 6) is 0. The highest BCUT2D eigenvalue weighted by Gasteiger charge is 2.24. The van der Waals surface area contributed by atoms with Gasteiger partial charge in [-0.25, -0.2) is 0 Å². The van der Waals surface area contributed by atoms with Crippen molar-refractivity contribution in [2.45, 2.75) is 0 Å². The number of rotatable bonds is 7. The van der Waals surface area contributed by atoms with Gasteiger partial charge < -0.3 is 9.47 Å². The molecule has 0 amide bonds. The Labute approximate surface area is 373 Å². The molecule has 1 aliphatic heterocycles. The lowest BCUT2D eigenvalue weighted by Crippen LogP contribution is -2.12. The van der Waals surface area contributed by atoms with Gasteiger partial charge in [0, 0.05) is 39.3 Å². The van der Waals surface area contributed by atoms with Crippen molar-refractivity contribution in [3.8, 4) is 44.5 Å². The Morgan fingerprint density at radius 2 is 1.14 bits per heavy atom.